The molecule has 94 valence electrons. The Morgan fingerprint density at radius 1 is 1.38 bits per heavy atom. The molecule has 16 heavy (non-hydrogen) atoms. The highest BCUT2D eigenvalue weighted by atomic mass is 16.5. The zero-order valence-corrected chi connectivity index (χ0v) is 11.3. The van der Waals surface area contributed by atoms with Crippen molar-refractivity contribution in [2.24, 2.45) is 0 Å². The Morgan fingerprint density at radius 2 is 2.12 bits per heavy atom. The van der Waals surface area contributed by atoms with Gasteiger partial charge in [0.05, 0.1) is 5.60 Å². The van der Waals surface area contributed by atoms with E-state index in [1.165, 1.54) is 32.1 Å². The molecule has 2 nitrogen and oxygen atoms in total. The van der Waals surface area contributed by atoms with E-state index in [4.69, 9.17) is 4.74 Å². The van der Waals surface area contributed by atoms with E-state index in [1.807, 2.05) is 0 Å². The van der Waals surface area contributed by atoms with Crippen LogP contribution in [-0.2, 0) is 4.74 Å². The second-order valence-corrected chi connectivity index (χ2v) is 5.39. The van der Waals surface area contributed by atoms with Gasteiger partial charge in [0.1, 0.15) is 0 Å². The molecular formula is C14H27NO. The highest BCUT2D eigenvalue weighted by Crippen LogP contribution is 2.25. The van der Waals surface area contributed by atoms with E-state index in [0.29, 0.717) is 6.04 Å². The minimum atomic E-state index is -0.0409. The molecule has 1 unspecified atom stereocenters. The van der Waals surface area contributed by atoms with Crippen LogP contribution in [0, 0.1) is 0 Å². The van der Waals surface area contributed by atoms with Crippen LogP contribution in [0.1, 0.15) is 52.4 Å². The lowest BCUT2D eigenvalue weighted by atomic mass is 9.91. The molecular weight excluding hydrogens is 198 g/mol. The summed E-state index contributed by atoms with van der Waals surface area (Å²) in [7, 11) is 3.86. The van der Waals surface area contributed by atoms with Gasteiger partial charge in [0, 0.05) is 13.2 Å². The molecule has 0 aromatic carbocycles. The number of methoxy groups -OCH3 is 1. The molecule has 0 aromatic heterocycles. The molecule has 2 heteroatoms. The highest BCUT2D eigenvalue weighted by Gasteiger charge is 2.24. The molecule has 1 aliphatic rings. The van der Waals surface area contributed by atoms with Gasteiger partial charge in [-0.15, -0.1) is 0 Å². The molecule has 0 fully saturated rings. The number of nitrogens with one attached hydrogen (secondary N) is 1. The standard InChI is InChI=1S/C14H27NO/c1-14(2,16-4)11-13(15-3)12-9-7-5-6-8-10-12/h9,13,15H,5-8,10-11H2,1-4H3. The average Bonchev–Trinajstić information content (AvgIpc) is 2.54. The van der Waals surface area contributed by atoms with E-state index in [1.54, 1.807) is 12.7 Å². The van der Waals surface area contributed by atoms with Crippen molar-refractivity contribution in [1.82, 2.24) is 5.32 Å². The van der Waals surface area contributed by atoms with Crippen LogP contribution in [0.25, 0.3) is 0 Å². The molecule has 0 bridgehead atoms. The van der Waals surface area contributed by atoms with Crippen LogP contribution in [0.15, 0.2) is 11.6 Å². The van der Waals surface area contributed by atoms with E-state index in [2.05, 4.69) is 32.3 Å². The summed E-state index contributed by atoms with van der Waals surface area (Å²) in [6, 6.07) is 0.480. The first-order chi connectivity index (χ1) is 7.59. The van der Waals surface area contributed by atoms with Gasteiger partial charge in [-0.05, 0) is 53.0 Å². The molecule has 0 saturated heterocycles. The Kier molecular flexibility index (Phi) is 5.50. The summed E-state index contributed by atoms with van der Waals surface area (Å²) in [6.45, 7) is 4.32. The van der Waals surface area contributed by atoms with Gasteiger partial charge in [-0.2, -0.15) is 0 Å². The van der Waals surface area contributed by atoms with Gasteiger partial charge in [-0.25, -0.2) is 0 Å². The lowest BCUT2D eigenvalue weighted by Gasteiger charge is -2.30. The van der Waals surface area contributed by atoms with Crippen molar-refractivity contribution in [2.75, 3.05) is 14.2 Å². The molecule has 0 saturated carbocycles. The predicted octanol–water partition coefficient (Wildman–Crippen LogP) is 3.28. The maximum Gasteiger partial charge on any atom is 0.0640 e. The van der Waals surface area contributed by atoms with Crippen molar-refractivity contribution in [1.29, 1.82) is 0 Å². The van der Waals surface area contributed by atoms with Gasteiger partial charge in [0.2, 0.25) is 0 Å². The van der Waals surface area contributed by atoms with Crippen LogP contribution in [0.3, 0.4) is 0 Å². The van der Waals surface area contributed by atoms with Crippen LogP contribution in [0.5, 0.6) is 0 Å². The summed E-state index contributed by atoms with van der Waals surface area (Å²) >= 11 is 0. The van der Waals surface area contributed by atoms with E-state index >= 15 is 0 Å². The van der Waals surface area contributed by atoms with Crippen LogP contribution in [-0.4, -0.2) is 25.8 Å². The minimum absolute atomic E-state index is 0.0409. The largest absolute Gasteiger partial charge is 0.379 e. The van der Waals surface area contributed by atoms with Gasteiger partial charge in [0.15, 0.2) is 0 Å². The number of hydrogen-bond donors (Lipinski definition) is 1. The fraction of sp³-hybridized carbons (Fsp3) is 0.857. The van der Waals surface area contributed by atoms with E-state index in [0.717, 1.165) is 6.42 Å². The molecule has 1 aliphatic carbocycles. The van der Waals surface area contributed by atoms with Crippen molar-refractivity contribution in [3.05, 3.63) is 11.6 Å². The fourth-order valence-electron chi connectivity index (χ4n) is 2.35. The first-order valence-corrected chi connectivity index (χ1v) is 6.50. The Bertz CT molecular complexity index is 233. The van der Waals surface area contributed by atoms with Crippen molar-refractivity contribution < 1.29 is 4.74 Å². The number of likely N-dealkylation sites (N-methyl/N-ethyl adjacent to an activating group) is 1. The summed E-state index contributed by atoms with van der Waals surface area (Å²) in [5.74, 6) is 0. The van der Waals surface area contributed by atoms with Gasteiger partial charge in [-0.3, -0.25) is 0 Å². The normalized spacial score (nSPS) is 20.1. The van der Waals surface area contributed by atoms with E-state index < -0.39 is 0 Å². The summed E-state index contributed by atoms with van der Waals surface area (Å²) < 4.78 is 5.52. The van der Waals surface area contributed by atoms with Crippen LogP contribution < -0.4 is 5.32 Å². The molecule has 1 N–H and O–H groups in total. The topological polar surface area (TPSA) is 21.3 Å². The van der Waals surface area contributed by atoms with Gasteiger partial charge >= 0.3 is 0 Å². The van der Waals surface area contributed by atoms with Crippen molar-refractivity contribution in [3.63, 3.8) is 0 Å². The molecule has 0 aliphatic heterocycles. The monoisotopic (exact) mass is 225 g/mol. The second kappa shape index (κ2) is 6.41. The Hall–Kier alpha value is -0.340. The molecule has 0 heterocycles. The minimum Gasteiger partial charge on any atom is -0.379 e. The predicted molar refractivity (Wildman–Crippen MR) is 69.7 cm³/mol. The lowest BCUT2D eigenvalue weighted by molar-refractivity contribution is 0.0102. The van der Waals surface area contributed by atoms with Gasteiger partial charge in [0.25, 0.3) is 0 Å². The number of ether oxygens (including phenoxy) is 1. The summed E-state index contributed by atoms with van der Waals surface area (Å²) in [6.07, 6.45) is 10.1. The Balaban J connectivity index is 2.62. The summed E-state index contributed by atoms with van der Waals surface area (Å²) in [5, 5.41) is 3.44. The molecule has 1 atom stereocenters. The maximum atomic E-state index is 5.52. The number of hydrogen-bond acceptors (Lipinski definition) is 2. The summed E-state index contributed by atoms with van der Waals surface area (Å²) in [4.78, 5) is 0. The third-order valence-corrected chi connectivity index (χ3v) is 3.62. The zero-order valence-electron chi connectivity index (χ0n) is 11.3. The number of allylic oxidation sites excluding steroid dienone is 1. The smallest absolute Gasteiger partial charge is 0.0640 e. The molecule has 1 rings (SSSR count). The van der Waals surface area contributed by atoms with Crippen LogP contribution in [0.4, 0.5) is 0 Å². The van der Waals surface area contributed by atoms with E-state index in [9.17, 15) is 0 Å². The zero-order chi connectivity index (χ0) is 12.0. The van der Waals surface area contributed by atoms with Crippen molar-refractivity contribution >= 4 is 0 Å². The molecule has 0 amide bonds. The van der Waals surface area contributed by atoms with Gasteiger partial charge in [-0.1, -0.05) is 18.1 Å². The Morgan fingerprint density at radius 3 is 2.75 bits per heavy atom. The summed E-state index contributed by atoms with van der Waals surface area (Å²) in [5.41, 5.74) is 1.55. The highest BCUT2D eigenvalue weighted by molar-refractivity contribution is 5.13. The molecule has 0 aromatic rings. The maximum absolute atomic E-state index is 5.52. The Labute approximate surface area is 100 Å². The fourth-order valence-corrected chi connectivity index (χ4v) is 2.35. The third-order valence-electron chi connectivity index (χ3n) is 3.62. The quantitative estimate of drug-likeness (QED) is 0.725. The molecule has 0 radical (unpaired) electrons. The number of rotatable bonds is 5. The van der Waals surface area contributed by atoms with Crippen molar-refractivity contribution in [2.45, 2.75) is 64.0 Å². The molecule has 0 spiro atoms. The van der Waals surface area contributed by atoms with Crippen LogP contribution in [0.2, 0.25) is 0 Å². The SMILES string of the molecule is CNC(CC(C)(C)OC)C1=CCCCCC1. The lowest BCUT2D eigenvalue weighted by Crippen LogP contribution is -2.37. The second-order valence-electron chi connectivity index (χ2n) is 5.39. The average molecular weight is 225 g/mol. The van der Waals surface area contributed by atoms with Crippen molar-refractivity contribution in [3.8, 4) is 0 Å². The third kappa shape index (κ3) is 4.26. The van der Waals surface area contributed by atoms with E-state index in [-0.39, 0.29) is 5.60 Å². The first-order valence-electron chi connectivity index (χ1n) is 6.50. The van der Waals surface area contributed by atoms with Gasteiger partial charge < -0.3 is 10.1 Å². The first kappa shape index (κ1) is 13.7. The van der Waals surface area contributed by atoms with Crippen LogP contribution >= 0.6 is 0 Å².